The molecule has 1 aliphatic rings. The van der Waals surface area contributed by atoms with Crippen molar-refractivity contribution in [2.75, 3.05) is 55.8 Å². The van der Waals surface area contributed by atoms with Gasteiger partial charge >= 0.3 is 0 Å². The molecule has 0 spiro atoms. The highest BCUT2D eigenvalue weighted by molar-refractivity contribution is 6.31. The highest BCUT2D eigenvalue weighted by atomic mass is 35.5. The first-order valence-corrected chi connectivity index (χ1v) is 8.38. The van der Waals surface area contributed by atoms with Crippen LogP contribution in [0.2, 0.25) is 5.02 Å². The maximum Gasteiger partial charge on any atom is 0.159 e. The van der Waals surface area contributed by atoms with Crippen LogP contribution in [0.3, 0.4) is 0 Å². The molecule has 3 rings (SSSR count). The van der Waals surface area contributed by atoms with Crippen LogP contribution >= 0.6 is 11.6 Å². The first-order chi connectivity index (χ1) is 12.1. The third-order valence-electron chi connectivity index (χ3n) is 3.89. The van der Waals surface area contributed by atoms with Crippen molar-refractivity contribution >= 4 is 34.6 Å². The molecule has 2 heterocycles. The molecule has 0 amide bonds. The number of benzene rings is 1. The molecule has 134 valence electrons. The minimum atomic E-state index is -0.478. The Hall–Kier alpha value is -2.16. The van der Waals surface area contributed by atoms with Gasteiger partial charge in [0.25, 0.3) is 0 Å². The molecule has 2 aromatic rings. The van der Waals surface area contributed by atoms with Crippen LogP contribution in [0.15, 0.2) is 24.5 Å². The summed E-state index contributed by atoms with van der Waals surface area (Å²) in [4.78, 5) is 10.6. The van der Waals surface area contributed by atoms with Gasteiger partial charge in [-0.1, -0.05) is 11.6 Å². The number of nitrogens with two attached hydrogens (primary N) is 1. The number of morpholine rings is 1. The number of nitrogen functional groups attached to an aromatic ring is 1. The van der Waals surface area contributed by atoms with Gasteiger partial charge in [0.05, 0.1) is 18.2 Å². The lowest BCUT2D eigenvalue weighted by Gasteiger charge is -2.26. The summed E-state index contributed by atoms with van der Waals surface area (Å²) in [6, 6.07) is 4.32. The van der Waals surface area contributed by atoms with E-state index in [9.17, 15) is 4.39 Å². The molecular formula is C16H20ClFN6O. The number of anilines is 4. The van der Waals surface area contributed by atoms with Gasteiger partial charge in [-0.15, -0.1) is 0 Å². The smallest absolute Gasteiger partial charge is 0.159 e. The summed E-state index contributed by atoms with van der Waals surface area (Å²) < 4.78 is 18.6. The Morgan fingerprint density at radius 1 is 1.24 bits per heavy atom. The van der Waals surface area contributed by atoms with Crippen LogP contribution in [0.25, 0.3) is 0 Å². The third kappa shape index (κ3) is 4.68. The van der Waals surface area contributed by atoms with E-state index in [1.165, 1.54) is 18.5 Å². The highest BCUT2D eigenvalue weighted by Crippen LogP contribution is 2.27. The summed E-state index contributed by atoms with van der Waals surface area (Å²) in [6.07, 6.45) is 1.42. The molecule has 0 unspecified atom stereocenters. The Kier molecular flexibility index (Phi) is 5.85. The van der Waals surface area contributed by atoms with Gasteiger partial charge in [-0.25, -0.2) is 14.4 Å². The molecule has 0 radical (unpaired) electrons. The topological polar surface area (TPSA) is 88.3 Å². The van der Waals surface area contributed by atoms with Gasteiger partial charge in [0, 0.05) is 31.9 Å². The monoisotopic (exact) mass is 366 g/mol. The average molecular weight is 367 g/mol. The predicted molar refractivity (Wildman–Crippen MR) is 96.9 cm³/mol. The van der Waals surface area contributed by atoms with Gasteiger partial charge in [-0.2, -0.15) is 0 Å². The molecule has 1 aromatic heterocycles. The van der Waals surface area contributed by atoms with Crippen LogP contribution < -0.4 is 16.4 Å². The van der Waals surface area contributed by atoms with Crippen molar-refractivity contribution in [1.29, 1.82) is 0 Å². The predicted octanol–water partition coefficient (Wildman–Crippen LogP) is 2.34. The molecule has 0 saturated carbocycles. The fourth-order valence-electron chi connectivity index (χ4n) is 2.50. The number of halogens is 2. The third-order valence-corrected chi connectivity index (χ3v) is 4.18. The zero-order valence-electron chi connectivity index (χ0n) is 13.6. The van der Waals surface area contributed by atoms with E-state index >= 15 is 0 Å². The lowest BCUT2D eigenvalue weighted by molar-refractivity contribution is 0.0398. The minimum Gasteiger partial charge on any atom is -0.393 e. The summed E-state index contributed by atoms with van der Waals surface area (Å²) >= 11 is 5.79. The Morgan fingerprint density at radius 2 is 2.00 bits per heavy atom. The number of nitrogens with zero attached hydrogens (tertiary/aromatic N) is 3. The Bertz CT molecular complexity index is 726. The van der Waals surface area contributed by atoms with Gasteiger partial charge in [0.2, 0.25) is 0 Å². The van der Waals surface area contributed by atoms with Crippen LogP contribution in [0.5, 0.6) is 0 Å². The highest BCUT2D eigenvalue weighted by Gasteiger charge is 2.12. The fourth-order valence-corrected chi connectivity index (χ4v) is 2.68. The first kappa shape index (κ1) is 17.7. The molecular weight excluding hydrogens is 347 g/mol. The van der Waals surface area contributed by atoms with Gasteiger partial charge in [0.15, 0.2) is 11.6 Å². The second kappa shape index (κ2) is 8.28. The molecule has 0 atom stereocenters. The van der Waals surface area contributed by atoms with Crippen molar-refractivity contribution in [3.8, 4) is 0 Å². The van der Waals surface area contributed by atoms with Crippen molar-refractivity contribution in [1.82, 2.24) is 14.9 Å². The number of rotatable bonds is 6. The summed E-state index contributed by atoms with van der Waals surface area (Å²) in [5.74, 6) is 0.513. The Morgan fingerprint density at radius 3 is 2.76 bits per heavy atom. The molecule has 1 aromatic carbocycles. The lowest BCUT2D eigenvalue weighted by Crippen LogP contribution is -2.39. The van der Waals surface area contributed by atoms with Crippen molar-refractivity contribution in [3.63, 3.8) is 0 Å². The second-order valence-electron chi connectivity index (χ2n) is 5.62. The van der Waals surface area contributed by atoms with E-state index in [4.69, 9.17) is 22.1 Å². The van der Waals surface area contributed by atoms with Crippen molar-refractivity contribution in [2.24, 2.45) is 0 Å². The summed E-state index contributed by atoms with van der Waals surface area (Å²) in [6.45, 7) is 4.98. The van der Waals surface area contributed by atoms with Gasteiger partial charge in [0.1, 0.15) is 17.8 Å². The number of aromatic nitrogens is 2. The number of hydrogen-bond acceptors (Lipinski definition) is 7. The van der Waals surface area contributed by atoms with E-state index in [1.54, 1.807) is 6.07 Å². The van der Waals surface area contributed by atoms with Crippen LogP contribution in [0.1, 0.15) is 0 Å². The van der Waals surface area contributed by atoms with Crippen LogP contribution in [0, 0.1) is 5.82 Å². The zero-order valence-corrected chi connectivity index (χ0v) is 14.4. The lowest BCUT2D eigenvalue weighted by atomic mass is 10.3. The van der Waals surface area contributed by atoms with E-state index in [-0.39, 0.29) is 5.02 Å². The Labute approximate surface area is 150 Å². The number of ether oxygens (including phenoxy) is 1. The molecule has 4 N–H and O–H groups in total. The maximum absolute atomic E-state index is 13.2. The average Bonchev–Trinajstić information content (AvgIpc) is 2.62. The second-order valence-corrected chi connectivity index (χ2v) is 6.03. The number of hydrogen-bond donors (Lipinski definition) is 3. The summed E-state index contributed by atoms with van der Waals surface area (Å²) in [7, 11) is 0. The van der Waals surface area contributed by atoms with Crippen LogP contribution in [0.4, 0.5) is 27.4 Å². The van der Waals surface area contributed by atoms with E-state index in [2.05, 4.69) is 25.5 Å². The summed E-state index contributed by atoms with van der Waals surface area (Å²) in [5.41, 5.74) is 7.11. The zero-order chi connectivity index (χ0) is 17.6. The summed E-state index contributed by atoms with van der Waals surface area (Å²) in [5, 5.41) is 6.28. The van der Waals surface area contributed by atoms with Crippen LogP contribution in [-0.2, 0) is 4.74 Å². The fraction of sp³-hybridized carbons (Fsp3) is 0.375. The Balaban J connectivity index is 1.61. The molecule has 9 heteroatoms. The molecule has 1 saturated heterocycles. The van der Waals surface area contributed by atoms with Crippen molar-refractivity contribution < 1.29 is 9.13 Å². The van der Waals surface area contributed by atoms with Crippen LogP contribution in [-0.4, -0.2) is 54.3 Å². The molecule has 1 aliphatic heterocycles. The molecule has 0 bridgehead atoms. The molecule has 0 aliphatic carbocycles. The molecule has 1 fully saturated rings. The standard InChI is InChI=1S/C16H20ClFN6O/c17-12-9-11(1-2-13(12)18)23-16-14(19)15(21-10-22-16)20-3-4-24-5-7-25-8-6-24/h1-2,9-10H,3-8,19H2,(H2,20,21,22,23). The maximum atomic E-state index is 13.2. The quantitative estimate of drug-likeness (QED) is 0.723. The van der Waals surface area contributed by atoms with Crippen molar-refractivity contribution in [3.05, 3.63) is 35.4 Å². The van der Waals surface area contributed by atoms with E-state index in [1.807, 2.05) is 0 Å². The van der Waals surface area contributed by atoms with E-state index < -0.39 is 5.82 Å². The van der Waals surface area contributed by atoms with E-state index in [0.717, 1.165) is 32.8 Å². The van der Waals surface area contributed by atoms with Gasteiger partial charge < -0.3 is 21.1 Å². The van der Waals surface area contributed by atoms with E-state index in [0.29, 0.717) is 29.6 Å². The first-order valence-electron chi connectivity index (χ1n) is 8.00. The van der Waals surface area contributed by atoms with Gasteiger partial charge in [-0.05, 0) is 18.2 Å². The SMILES string of the molecule is Nc1c(NCCN2CCOCC2)ncnc1Nc1ccc(F)c(Cl)c1. The minimum absolute atomic E-state index is 0.0292. The van der Waals surface area contributed by atoms with Crippen molar-refractivity contribution in [2.45, 2.75) is 0 Å². The number of nitrogens with one attached hydrogen (secondary N) is 2. The normalized spacial score (nSPS) is 15.1. The largest absolute Gasteiger partial charge is 0.393 e. The molecule has 7 nitrogen and oxygen atoms in total. The molecule has 25 heavy (non-hydrogen) atoms. The van der Waals surface area contributed by atoms with Gasteiger partial charge in [-0.3, -0.25) is 4.90 Å².